The molecule has 28 heavy (non-hydrogen) atoms. The Hall–Kier alpha value is -3.07. The molecule has 1 amide bonds. The molecule has 2 aromatic carbocycles. The average molecular weight is 401 g/mol. The summed E-state index contributed by atoms with van der Waals surface area (Å²) >= 11 is 1.09. The Labute approximate surface area is 164 Å². The smallest absolute Gasteiger partial charge is 0.277 e. The third kappa shape index (κ3) is 3.94. The van der Waals surface area contributed by atoms with Crippen molar-refractivity contribution in [3.63, 3.8) is 0 Å². The van der Waals surface area contributed by atoms with Gasteiger partial charge in [0.05, 0.1) is 17.4 Å². The van der Waals surface area contributed by atoms with Gasteiger partial charge in [0, 0.05) is 0 Å². The molecule has 0 unspecified atom stereocenters. The minimum Gasteiger partial charge on any atom is -0.454 e. The van der Waals surface area contributed by atoms with Gasteiger partial charge in [-0.15, -0.1) is 10.2 Å². The van der Waals surface area contributed by atoms with E-state index in [1.165, 1.54) is 6.07 Å². The third-order valence-electron chi connectivity index (χ3n) is 4.11. The molecule has 0 saturated carbocycles. The van der Waals surface area contributed by atoms with Crippen LogP contribution in [0.3, 0.4) is 0 Å². The van der Waals surface area contributed by atoms with Gasteiger partial charge < -0.3 is 19.2 Å². The quantitative estimate of drug-likeness (QED) is 0.632. The van der Waals surface area contributed by atoms with Crippen molar-refractivity contribution in [3.8, 4) is 23.0 Å². The number of carbonyl (C=O) groups is 1. The summed E-state index contributed by atoms with van der Waals surface area (Å²) in [5.74, 6) is 0.890. The number of fused-ring (bicyclic) bond motifs is 1. The van der Waals surface area contributed by atoms with Crippen molar-refractivity contribution < 1.29 is 23.1 Å². The highest BCUT2D eigenvalue weighted by Crippen LogP contribution is 2.34. The molecule has 1 aromatic heterocycles. The van der Waals surface area contributed by atoms with E-state index in [1.54, 1.807) is 18.2 Å². The van der Waals surface area contributed by atoms with Gasteiger partial charge in [-0.05, 0) is 36.8 Å². The summed E-state index contributed by atoms with van der Waals surface area (Å²) in [7, 11) is 0. The first kappa shape index (κ1) is 18.3. The van der Waals surface area contributed by atoms with Gasteiger partial charge >= 0.3 is 0 Å². The minimum absolute atomic E-state index is 0.0785. The number of halogens is 1. The largest absolute Gasteiger partial charge is 0.454 e. The van der Waals surface area contributed by atoms with Crippen molar-refractivity contribution >= 4 is 17.7 Å². The number of carbonyl (C=O) groups excluding carboxylic acids is 1. The number of amides is 1. The Morgan fingerprint density at radius 1 is 1.21 bits per heavy atom. The first-order chi connectivity index (χ1) is 13.6. The number of nitrogens with one attached hydrogen (secondary N) is 1. The molecule has 0 fully saturated rings. The predicted octanol–water partition coefficient (Wildman–Crippen LogP) is 3.57. The molecular weight excluding hydrogens is 385 g/mol. The average Bonchev–Trinajstić information content (AvgIpc) is 3.35. The van der Waals surface area contributed by atoms with Crippen molar-refractivity contribution in [1.82, 2.24) is 15.5 Å². The fraction of sp³-hybridized carbons (Fsp3) is 0.211. The van der Waals surface area contributed by atoms with E-state index >= 15 is 0 Å². The summed E-state index contributed by atoms with van der Waals surface area (Å²) < 4.78 is 29.8. The predicted molar refractivity (Wildman–Crippen MR) is 99.5 cm³/mol. The summed E-state index contributed by atoms with van der Waals surface area (Å²) in [5.41, 5.74) is 1.13. The fourth-order valence-corrected chi connectivity index (χ4v) is 3.26. The lowest BCUT2D eigenvalue weighted by molar-refractivity contribution is -0.119. The Morgan fingerprint density at radius 2 is 2.04 bits per heavy atom. The van der Waals surface area contributed by atoms with Crippen LogP contribution in [0.25, 0.3) is 11.5 Å². The number of nitrogens with zero attached hydrogens (tertiary/aromatic N) is 2. The van der Waals surface area contributed by atoms with Gasteiger partial charge in [0.25, 0.3) is 11.1 Å². The number of thioether (sulfide) groups is 1. The topological polar surface area (TPSA) is 86.5 Å². The van der Waals surface area contributed by atoms with Crippen LogP contribution in [0.1, 0.15) is 18.5 Å². The lowest BCUT2D eigenvalue weighted by Gasteiger charge is -2.14. The maximum atomic E-state index is 13.8. The van der Waals surface area contributed by atoms with Gasteiger partial charge in [0.1, 0.15) is 5.82 Å². The number of benzene rings is 2. The van der Waals surface area contributed by atoms with E-state index in [-0.39, 0.29) is 41.2 Å². The van der Waals surface area contributed by atoms with Crippen molar-refractivity contribution in [2.75, 3.05) is 12.5 Å². The number of hydrogen-bond acceptors (Lipinski definition) is 7. The van der Waals surface area contributed by atoms with E-state index in [2.05, 4.69) is 15.5 Å². The Balaban J connectivity index is 1.33. The molecule has 0 aliphatic carbocycles. The second-order valence-electron chi connectivity index (χ2n) is 6.04. The van der Waals surface area contributed by atoms with Crippen LogP contribution in [0.5, 0.6) is 11.5 Å². The highest BCUT2D eigenvalue weighted by molar-refractivity contribution is 7.99. The summed E-state index contributed by atoms with van der Waals surface area (Å²) in [4.78, 5) is 12.2. The molecule has 1 aliphatic rings. The van der Waals surface area contributed by atoms with Gasteiger partial charge in [0.15, 0.2) is 11.5 Å². The Kier molecular flexibility index (Phi) is 5.16. The molecule has 0 radical (unpaired) electrons. The van der Waals surface area contributed by atoms with Crippen LogP contribution < -0.4 is 14.8 Å². The van der Waals surface area contributed by atoms with Gasteiger partial charge in [-0.2, -0.15) is 0 Å². The second kappa shape index (κ2) is 7.89. The molecule has 1 aliphatic heterocycles. The van der Waals surface area contributed by atoms with Crippen LogP contribution >= 0.6 is 11.8 Å². The fourth-order valence-electron chi connectivity index (χ4n) is 2.69. The molecular formula is C19H16FN3O4S. The van der Waals surface area contributed by atoms with E-state index in [0.717, 1.165) is 17.3 Å². The summed E-state index contributed by atoms with van der Waals surface area (Å²) in [6.45, 7) is 2.08. The molecule has 1 N–H and O–H groups in total. The van der Waals surface area contributed by atoms with Crippen LogP contribution in [-0.2, 0) is 4.79 Å². The Morgan fingerprint density at radius 3 is 2.89 bits per heavy atom. The molecule has 0 bridgehead atoms. The summed E-state index contributed by atoms with van der Waals surface area (Å²) in [5, 5.41) is 10.8. The third-order valence-corrected chi connectivity index (χ3v) is 4.93. The van der Waals surface area contributed by atoms with Gasteiger partial charge in [-0.1, -0.05) is 30.0 Å². The number of rotatable bonds is 6. The first-order valence-electron chi connectivity index (χ1n) is 8.50. The van der Waals surface area contributed by atoms with Crippen LogP contribution in [0.4, 0.5) is 4.39 Å². The van der Waals surface area contributed by atoms with Crippen LogP contribution in [-0.4, -0.2) is 28.7 Å². The molecule has 9 heteroatoms. The zero-order valence-electron chi connectivity index (χ0n) is 14.8. The molecule has 4 rings (SSSR count). The summed E-state index contributed by atoms with van der Waals surface area (Å²) in [6.07, 6.45) is 0. The molecule has 3 aromatic rings. The summed E-state index contributed by atoms with van der Waals surface area (Å²) in [6, 6.07) is 11.5. The van der Waals surface area contributed by atoms with Crippen molar-refractivity contribution in [2.24, 2.45) is 0 Å². The van der Waals surface area contributed by atoms with Gasteiger partial charge in [0.2, 0.25) is 12.7 Å². The Bertz CT molecular complexity index is 1010. The zero-order chi connectivity index (χ0) is 19.5. The monoisotopic (exact) mass is 401 g/mol. The SMILES string of the molecule is C[C@H](NC(=O)CSc1nnc(-c2ccccc2F)o1)c1ccc2c(c1)OCO2. The molecule has 0 spiro atoms. The minimum atomic E-state index is -0.446. The molecule has 144 valence electrons. The highest BCUT2D eigenvalue weighted by atomic mass is 32.2. The van der Waals surface area contributed by atoms with Crippen LogP contribution in [0.2, 0.25) is 0 Å². The van der Waals surface area contributed by atoms with E-state index in [1.807, 2.05) is 25.1 Å². The maximum Gasteiger partial charge on any atom is 0.277 e. The first-order valence-corrected chi connectivity index (χ1v) is 9.49. The van der Waals surface area contributed by atoms with Crippen molar-refractivity contribution in [2.45, 2.75) is 18.2 Å². The van der Waals surface area contributed by atoms with Crippen molar-refractivity contribution in [3.05, 3.63) is 53.8 Å². The highest BCUT2D eigenvalue weighted by Gasteiger charge is 2.18. The van der Waals surface area contributed by atoms with Crippen LogP contribution in [0.15, 0.2) is 52.1 Å². The van der Waals surface area contributed by atoms with E-state index in [0.29, 0.717) is 11.5 Å². The number of ether oxygens (including phenoxy) is 2. The van der Waals surface area contributed by atoms with Crippen molar-refractivity contribution in [1.29, 1.82) is 0 Å². The second-order valence-corrected chi connectivity index (χ2v) is 6.97. The van der Waals surface area contributed by atoms with Gasteiger partial charge in [-0.25, -0.2) is 4.39 Å². The van der Waals surface area contributed by atoms with Gasteiger partial charge in [-0.3, -0.25) is 4.79 Å². The standard InChI is InChI=1S/C19H16FN3O4S/c1-11(12-6-7-15-16(8-12)26-10-25-15)21-17(24)9-28-19-23-22-18(27-19)13-4-2-3-5-14(13)20/h2-8,11H,9-10H2,1H3,(H,21,24)/t11-/m0/s1. The molecule has 1 atom stereocenters. The van der Waals surface area contributed by atoms with Crippen LogP contribution in [0, 0.1) is 5.82 Å². The van der Waals surface area contributed by atoms with E-state index in [4.69, 9.17) is 13.9 Å². The maximum absolute atomic E-state index is 13.8. The molecule has 2 heterocycles. The molecule has 0 saturated heterocycles. The molecule has 7 nitrogen and oxygen atoms in total. The lowest BCUT2D eigenvalue weighted by Crippen LogP contribution is -2.28. The normalized spacial score (nSPS) is 13.4. The van der Waals surface area contributed by atoms with E-state index < -0.39 is 5.82 Å². The lowest BCUT2D eigenvalue weighted by atomic mass is 10.1. The number of hydrogen-bond donors (Lipinski definition) is 1. The van der Waals surface area contributed by atoms with E-state index in [9.17, 15) is 9.18 Å². The zero-order valence-corrected chi connectivity index (χ0v) is 15.7. The number of aromatic nitrogens is 2.